The van der Waals surface area contributed by atoms with Crippen molar-refractivity contribution in [2.45, 2.75) is 84.0 Å². The molecule has 51 heavy (non-hydrogen) atoms. The largest absolute Gasteiger partial charge is 0.380 e. The fourth-order valence-electron chi connectivity index (χ4n) is 7.08. The van der Waals surface area contributed by atoms with E-state index >= 15 is 4.39 Å². The van der Waals surface area contributed by atoms with Crippen LogP contribution in [0.3, 0.4) is 0 Å². The number of carbonyl (C=O) groups excluding carboxylic acids is 4. The number of urea groups is 1. The lowest BCUT2D eigenvalue weighted by Crippen LogP contribution is -2.59. The van der Waals surface area contributed by atoms with Gasteiger partial charge in [0.1, 0.15) is 23.6 Å². The Kier molecular flexibility index (Phi) is 12.7. The lowest BCUT2D eigenvalue weighted by atomic mass is 9.88. The molecule has 1 unspecified atom stereocenters. The number of nitrogens with one attached hydrogen (secondary N) is 3. The second-order valence-corrected chi connectivity index (χ2v) is 14.4. The van der Waals surface area contributed by atoms with Crippen LogP contribution in [0.15, 0.2) is 30.5 Å². The molecule has 0 spiro atoms. The molecule has 2 saturated carbocycles. The number of ether oxygens (including phenoxy) is 1. The summed E-state index contributed by atoms with van der Waals surface area (Å²) in [7, 11) is 3.65. The highest BCUT2D eigenvalue weighted by Gasteiger charge is 2.48. The normalized spacial score (nSPS) is 19.7. The van der Waals surface area contributed by atoms with E-state index in [2.05, 4.69) is 25.9 Å². The van der Waals surface area contributed by atoms with E-state index in [1.165, 1.54) is 17.0 Å². The van der Waals surface area contributed by atoms with Gasteiger partial charge >= 0.3 is 6.03 Å². The number of piperazine rings is 1. The number of hydrogen-bond donors (Lipinski definition) is 3. The van der Waals surface area contributed by atoms with Gasteiger partial charge in [0.15, 0.2) is 0 Å². The van der Waals surface area contributed by atoms with Gasteiger partial charge in [0.2, 0.25) is 11.8 Å². The maximum absolute atomic E-state index is 15.9. The van der Waals surface area contributed by atoms with Crippen molar-refractivity contribution in [3.63, 3.8) is 0 Å². The minimum atomic E-state index is -0.962. The summed E-state index contributed by atoms with van der Waals surface area (Å²) in [5, 5.41) is 12.9. The van der Waals surface area contributed by atoms with Gasteiger partial charge in [0, 0.05) is 64.5 Å². The van der Waals surface area contributed by atoms with Gasteiger partial charge in [0.25, 0.3) is 5.91 Å². The number of aromatic nitrogens is 2. The van der Waals surface area contributed by atoms with Crippen molar-refractivity contribution in [1.82, 2.24) is 35.1 Å². The number of aryl methyl sites for hydroxylation is 1. The predicted octanol–water partition coefficient (Wildman–Crippen LogP) is 3.53. The first-order valence-corrected chi connectivity index (χ1v) is 18.4. The van der Waals surface area contributed by atoms with Crippen molar-refractivity contribution in [3.05, 3.63) is 47.5 Å². The van der Waals surface area contributed by atoms with Gasteiger partial charge in [0.05, 0.1) is 12.3 Å². The predicted molar refractivity (Wildman–Crippen MR) is 192 cm³/mol. The zero-order valence-corrected chi connectivity index (χ0v) is 30.9. The van der Waals surface area contributed by atoms with Crippen LogP contribution >= 0.6 is 0 Å². The first-order valence-electron chi connectivity index (χ1n) is 18.4. The Balaban J connectivity index is 1.34. The topological polar surface area (TPSA) is 141 Å². The van der Waals surface area contributed by atoms with Gasteiger partial charge in [-0.25, -0.2) is 9.18 Å². The quantitative estimate of drug-likeness (QED) is 0.227. The average molecular weight is 711 g/mol. The molecule has 4 atom stereocenters. The van der Waals surface area contributed by atoms with Gasteiger partial charge in [-0.2, -0.15) is 5.10 Å². The van der Waals surface area contributed by atoms with E-state index in [-0.39, 0.29) is 29.5 Å². The highest BCUT2D eigenvalue weighted by Crippen LogP contribution is 2.51. The Labute approximate surface area is 300 Å². The molecule has 5 rings (SSSR count). The van der Waals surface area contributed by atoms with Gasteiger partial charge in [-0.3, -0.25) is 19.1 Å². The number of carbonyl (C=O) groups is 4. The van der Waals surface area contributed by atoms with Crippen molar-refractivity contribution in [3.8, 4) is 0 Å². The standard InChI is InChI=1S/C37H55FN8O5/c1-7-46-30(15-16-39-46)34(47)41-33(31(25-9-10-25)26-11-12-26)35(48)40-29-14-13-27(21-28(29)38)24(4)32(42-37(50)44(6)19-20-51-8-2)36(49)45-18-17-43(5)23(3)22-45/h13-16,21,23-26,31-33H,7-12,17-20,22H2,1-6H3,(H,40,48)(H,41,47)(H,42,50)/t23-,24?,32-,33+/m1/s1. The molecule has 0 bridgehead atoms. The first kappa shape index (κ1) is 38.2. The third kappa shape index (κ3) is 9.45. The average Bonchev–Trinajstić information content (AvgIpc) is 4.07. The second kappa shape index (κ2) is 17.0. The molecule has 280 valence electrons. The summed E-state index contributed by atoms with van der Waals surface area (Å²) in [6.45, 7) is 11.1. The molecule has 1 aromatic carbocycles. The van der Waals surface area contributed by atoms with Crippen molar-refractivity contribution in [1.29, 1.82) is 0 Å². The zero-order chi connectivity index (χ0) is 36.8. The van der Waals surface area contributed by atoms with Gasteiger partial charge in [-0.15, -0.1) is 0 Å². The molecule has 2 aliphatic carbocycles. The summed E-state index contributed by atoms with van der Waals surface area (Å²) in [6.07, 6.45) is 5.56. The van der Waals surface area contributed by atoms with Crippen LogP contribution in [0.2, 0.25) is 0 Å². The summed E-state index contributed by atoms with van der Waals surface area (Å²) < 4.78 is 22.9. The number of amides is 5. The summed E-state index contributed by atoms with van der Waals surface area (Å²) in [4.78, 5) is 60.0. The van der Waals surface area contributed by atoms with Crippen LogP contribution in [-0.2, 0) is 20.9 Å². The Hall–Kier alpha value is -4.04. The highest BCUT2D eigenvalue weighted by molar-refractivity contribution is 6.01. The molecule has 3 fully saturated rings. The fourth-order valence-corrected chi connectivity index (χ4v) is 7.08. The van der Waals surface area contributed by atoms with Crippen LogP contribution in [0.4, 0.5) is 14.9 Å². The third-order valence-corrected chi connectivity index (χ3v) is 10.8. The van der Waals surface area contributed by atoms with E-state index in [1.807, 2.05) is 27.8 Å². The summed E-state index contributed by atoms with van der Waals surface area (Å²) in [5.41, 5.74) is 0.845. The van der Waals surface area contributed by atoms with Gasteiger partial charge < -0.3 is 35.4 Å². The molecule has 3 N–H and O–H groups in total. The number of benzene rings is 1. The van der Waals surface area contributed by atoms with Gasteiger partial charge in [-0.05, 0) is 95.0 Å². The minimum absolute atomic E-state index is 0.0189. The Morgan fingerprint density at radius 1 is 1.04 bits per heavy atom. The molecule has 14 heteroatoms. The van der Waals surface area contributed by atoms with Crippen LogP contribution in [0.25, 0.3) is 0 Å². The SMILES string of the molecule is CCOCCN(C)C(=O)N[C@@H](C(=O)N1CCN(C)[C@H](C)C1)C(C)c1ccc(NC(=O)[C@@H](NC(=O)c2ccnn2CC)C(C2CC2)C2CC2)c(F)c1. The molecular formula is C37H55FN8O5. The van der Waals surface area contributed by atoms with Crippen molar-refractivity contribution < 1.29 is 28.3 Å². The van der Waals surface area contributed by atoms with E-state index < -0.39 is 35.8 Å². The number of nitrogens with zero attached hydrogens (tertiary/aromatic N) is 5. The minimum Gasteiger partial charge on any atom is -0.380 e. The van der Waals surface area contributed by atoms with Crippen molar-refractivity contribution in [2.75, 3.05) is 58.8 Å². The Bertz CT molecular complexity index is 1530. The smallest absolute Gasteiger partial charge is 0.317 e. The maximum Gasteiger partial charge on any atom is 0.317 e. The number of hydrogen-bond acceptors (Lipinski definition) is 7. The molecular weight excluding hydrogens is 655 g/mol. The number of anilines is 1. The lowest BCUT2D eigenvalue weighted by Gasteiger charge is -2.40. The monoisotopic (exact) mass is 710 g/mol. The van der Waals surface area contributed by atoms with Crippen LogP contribution in [-0.4, -0.2) is 120 Å². The lowest BCUT2D eigenvalue weighted by molar-refractivity contribution is -0.136. The van der Waals surface area contributed by atoms with Crippen molar-refractivity contribution in [2.24, 2.45) is 17.8 Å². The fraction of sp³-hybridized carbons (Fsp3) is 0.649. The molecule has 13 nitrogen and oxygen atoms in total. The number of halogens is 1. The third-order valence-electron chi connectivity index (χ3n) is 10.8. The van der Waals surface area contributed by atoms with E-state index in [4.69, 9.17) is 4.74 Å². The molecule has 5 amide bonds. The molecule has 1 saturated heterocycles. The molecule has 1 aliphatic heterocycles. The molecule has 1 aromatic heterocycles. The van der Waals surface area contributed by atoms with E-state index in [9.17, 15) is 19.2 Å². The van der Waals surface area contributed by atoms with Crippen molar-refractivity contribution >= 4 is 29.4 Å². The summed E-state index contributed by atoms with van der Waals surface area (Å²) in [6, 6.07) is 4.02. The van der Waals surface area contributed by atoms with E-state index in [1.54, 1.807) is 41.9 Å². The van der Waals surface area contributed by atoms with Crippen LogP contribution < -0.4 is 16.0 Å². The van der Waals surface area contributed by atoms with E-state index in [0.717, 1.165) is 25.7 Å². The molecule has 3 aliphatic rings. The Morgan fingerprint density at radius 3 is 2.35 bits per heavy atom. The molecule has 2 aromatic rings. The zero-order valence-electron chi connectivity index (χ0n) is 30.9. The molecule has 0 radical (unpaired) electrons. The van der Waals surface area contributed by atoms with E-state index in [0.29, 0.717) is 69.0 Å². The van der Waals surface area contributed by atoms with Crippen LogP contribution in [0, 0.1) is 23.6 Å². The summed E-state index contributed by atoms with van der Waals surface area (Å²) in [5.74, 6) is -1.71. The van der Waals surface area contributed by atoms with Crippen LogP contribution in [0.1, 0.15) is 75.3 Å². The Morgan fingerprint density at radius 2 is 1.75 bits per heavy atom. The first-order chi connectivity index (χ1) is 24.4. The number of likely N-dealkylation sites (N-methyl/N-ethyl adjacent to an activating group) is 2. The number of rotatable bonds is 16. The highest BCUT2D eigenvalue weighted by atomic mass is 19.1. The summed E-state index contributed by atoms with van der Waals surface area (Å²) >= 11 is 0. The van der Waals surface area contributed by atoms with Crippen LogP contribution in [0.5, 0.6) is 0 Å². The second-order valence-electron chi connectivity index (χ2n) is 14.4. The van der Waals surface area contributed by atoms with Gasteiger partial charge in [-0.1, -0.05) is 13.0 Å². The molecule has 2 heterocycles. The maximum atomic E-state index is 15.9.